The van der Waals surface area contributed by atoms with Gasteiger partial charge in [-0.1, -0.05) is 0 Å². The molecule has 0 bridgehead atoms. The maximum absolute atomic E-state index is 13.2. The lowest BCUT2D eigenvalue weighted by molar-refractivity contribution is -0.138. The number of benzene rings is 1. The lowest BCUT2D eigenvalue weighted by Gasteiger charge is -2.10. The van der Waals surface area contributed by atoms with E-state index in [1.54, 1.807) is 0 Å². The third-order valence-electron chi connectivity index (χ3n) is 1.84. The van der Waals surface area contributed by atoms with Gasteiger partial charge in [-0.15, -0.1) is 0 Å². The van der Waals surface area contributed by atoms with E-state index in [4.69, 9.17) is 10.8 Å². The standard InChI is InChI=1S/C9H9BrF2N2O2/c10-4-1-6(12)8(2-5(4)11)14-3-7(13)9(15)16/h1-2,7,14H,3,13H2,(H,15,16). The Morgan fingerprint density at radius 1 is 1.50 bits per heavy atom. The van der Waals surface area contributed by atoms with Crippen molar-refractivity contribution in [3.63, 3.8) is 0 Å². The highest BCUT2D eigenvalue weighted by molar-refractivity contribution is 9.10. The Morgan fingerprint density at radius 2 is 2.12 bits per heavy atom. The summed E-state index contributed by atoms with van der Waals surface area (Å²) in [5.41, 5.74) is 5.07. The van der Waals surface area contributed by atoms with Crippen LogP contribution in [0.3, 0.4) is 0 Å². The van der Waals surface area contributed by atoms with Gasteiger partial charge in [0.05, 0.1) is 10.2 Å². The molecule has 0 aliphatic rings. The van der Waals surface area contributed by atoms with Crippen LogP contribution in [-0.2, 0) is 4.79 Å². The molecule has 4 nitrogen and oxygen atoms in total. The van der Waals surface area contributed by atoms with Crippen LogP contribution in [0, 0.1) is 11.6 Å². The summed E-state index contributed by atoms with van der Waals surface area (Å²) in [5.74, 6) is -2.55. The summed E-state index contributed by atoms with van der Waals surface area (Å²) in [5, 5.41) is 10.9. The molecule has 0 aliphatic heterocycles. The zero-order valence-corrected chi connectivity index (χ0v) is 9.59. The van der Waals surface area contributed by atoms with Gasteiger partial charge in [0, 0.05) is 12.6 Å². The molecule has 0 radical (unpaired) electrons. The third-order valence-corrected chi connectivity index (χ3v) is 2.45. The van der Waals surface area contributed by atoms with E-state index < -0.39 is 23.6 Å². The predicted molar refractivity (Wildman–Crippen MR) is 58.2 cm³/mol. The van der Waals surface area contributed by atoms with E-state index in [9.17, 15) is 13.6 Å². The molecular weight excluding hydrogens is 286 g/mol. The number of hydrogen-bond donors (Lipinski definition) is 3. The number of nitrogens with two attached hydrogens (primary N) is 1. The second-order valence-electron chi connectivity index (χ2n) is 3.07. The largest absolute Gasteiger partial charge is 0.480 e. The number of carbonyl (C=O) groups is 1. The number of carboxylic acids is 1. The van der Waals surface area contributed by atoms with Crippen molar-refractivity contribution in [1.29, 1.82) is 0 Å². The third kappa shape index (κ3) is 3.14. The van der Waals surface area contributed by atoms with E-state index in [0.29, 0.717) is 0 Å². The molecule has 0 saturated carbocycles. The number of halogens is 3. The first-order valence-electron chi connectivity index (χ1n) is 4.28. The summed E-state index contributed by atoms with van der Waals surface area (Å²) in [6.45, 7) is -0.187. The molecule has 4 N–H and O–H groups in total. The zero-order valence-electron chi connectivity index (χ0n) is 8.01. The van der Waals surface area contributed by atoms with Crippen LogP contribution in [0.25, 0.3) is 0 Å². The van der Waals surface area contributed by atoms with Crippen molar-refractivity contribution < 1.29 is 18.7 Å². The second kappa shape index (κ2) is 5.22. The molecule has 16 heavy (non-hydrogen) atoms. The van der Waals surface area contributed by atoms with Crippen LogP contribution < -0.4 is 11.1 Å². The van der Waals surface area contributed by atoms with Crippen LogP contribution in [-0.4, -0.2) is 23.7 Å². The molecule has 1 aromatic rings. The Balaban J connectivity index is 2.74. The molecule has 7 heteroatoms. The van der Waals surface area contributed by atoms with E-state index >= 15 is 0 Å². The van der Waals surface area contributed by atoms with E-state index in [2.05, 4.69) is 21.2 Å². The molecule has 88 valence electrons. The highest BCUT2D eigenvalue weighted by atomic mass is 79.9. The number of anilines is 1. The first-order valence-corrected chi connectivity index (χ1v) is 5.08. The normalized spacial score (nSPS) is 12.2. The topological polar surface area (TPSA) is 75.3 Å². The van der Waals surface area contributed by atoms with Crippen molar-refractivity contribution >= 4 is 27.6 Å². The zero-order chi connectivity index (χ0) is 12.3. The molecule has 1 aromatic carbocycles. The Hall–Kier alpha value is -1.21. The van der Waals surface area contributed by atoms with Gasteiger partial charge in [0.1, 0.15) is 17.7 Å². The Kier molecular flexibility index (Phi) is 4.19. The predicted octanol–water partition coefficient (Wildman–Crippen LogP) is 1.55. The highest BCUT2D eigenvalue weighted by Crippen LogP contribution is 2.23. The summed E-state index contributed by atoms with van der Waals surface area (Å²) >= 11 is 2.82. The van der Waals surface area contributed by atoms with Crippen LogP contribution >= 0.6 is 15.9 Å². The van der Waals surface area contributed by atoms with Crippen molar-refractivity contribution in [3.05, 3.63) is 28.2 Å². The number of hydrogen-bond acceptors (Lipinski definition) is 3. The van der Waals surface area contributed by atoms with Gasteiger partial charge >= 0.3 is 5.97 Å². The van der Waals surface area contributed by atoms with Gasteiger partial charge < -0.3 is 16.2 Å². The van der Waals surface area contributed by atoms with E-state index in [1.807, 2.05) is 0 Å². The highest BCUT2D eigenvalue weighted by Gasteiger charge is 2.13. The Labute approximate surface area is 98.6 Å². The van der Waals surface area contributed by atoms with Gasteiger partial charge in [-0.3, -0.25) is 4.79 Å². The Bertz CT molecular complexity index is 415. The van der Waals surface area contributed by atoms with Crippen LogP contribution in [0.1, 0.15) is 0 Å². The molecule has 0 aliphatic carbocycles. The van der Waals surface area contributed by atoms with Crippen LogP contribution in [0.5, 0.6) is 0 Å². The van der Waals surface area contributed by atoms with Gasteiger partial charge in [-0.25, -0.2) is 8.78 Å². The summed E-state index contributed by atoms with van der Waals surface area (Å²) in [4.78, 5) is 10.4. The van der Waals surface area contributed by atoms with Gasteiger partial charge in [-0.2, -0.15) is 0 Å². The molecule has 0 heterocycles. The molecule has 0 spiro atoms. The van der Waals surface area contributed by atoms with Crippen LogP contribution in [0.15, 0.2) is 16.6 Å². The minimum atomic E-state index is -1.22. The number of carboxylic acid groups (broad SMARTS) is 1. The monoisotopic (exact) mass is 294 g/mol. The summed E-state index contributed by atoms with van der Waals surface area (Å²) in [7, 11) is 0. The average Bonchev–Trinajstić information content (AvgIpc) is 2.20. The van der Waals surface area contributed by atoms with E-state index in [1.165, 1.54) is 0 Å². The molecule has 0 fully saturated rings. The SMILES string of the molecule is NC(CNc1cc(F)c(Br)cc1F)C(=O)O. The first-order chi connectivity index (χ1) is 7.41. The summed E-state index contributed by atoms with van der Waals surface area (Å²) < 4.78 is 26.3. The number of nitrogens with one attached hydrogen (secondary N) is 1. The minimum Gasteiger partial charge on any atom is -0.480 e. The molecule has 1 rings (SSSR count). The van der Waals surface area contributed by atoms with E-state index in [-0.39, 0.29) is 16.7 Å². The number of rotatable bonds is 4. The molecule has 1 unspecified atom stereocenters. The molecule has 0 saturated heterocycles. The van der Waals surface area contributed by atoms with Crippen LogP contribution in [0.2, 0.25) is 0 Å². The lowest BCUT2D eigenvalue weighted by Crippen LogP contribution is -2.37. The van der Waals surface area contributed by atoms with Gasteiger partial charge in [0.25, 0.3) is 0 Å². The van der Waals surface area contributed by atoms with Crippen molar-refractivity contribution in [2.45, 2.75) is 6.04 Å². The lowest BCUT2D eigenvalue weighted by atomic mass is 10.2. The molecule has 0 amide bonds. The number of aliphatic carboxylic acids is 1. The van der Waals surface area contributed by atoms with Crippen molar-refractivity contribution in [3.8, 4) is 0 Å². The van der Waals surface area contributed by atoms with Crippen molar-refractivity contribution in [1.82, 2.24) is 0 Å². The molecular formula is C9H9BrF2N2O2. The maximum atomic E-state index is 13.2. The smallest absolute Gasteiger partial charge is 0.322 e. The maximum Gasteiger partial charge on any atom is 0.322 e. The van der Waals surface area contributed by atoms with Crippen LogP contribution in [0.4, 0.5) is 14.5 Å². The summed E-state index contributed by atoms with van der Waals surface area (Å²) in [6, 6.07) is 0.698. The Morgan fingerprint density at radius 3 is 2.69 bits per heavy atom. The second-order valence-corrected chi connectivity index (χ2v) is 3.93. The summed E-state index contributed by atoms with van der Waals surface area (Å²) in [6.07, 6.45) is 0. The van der Waals surface area contributed by atoms with Crippen molar-refractivity contribution in [2.75, 3.05) is 11.9 Å². The fourth-order valence-corrected chi connectivity index (χ4v) is 1.28. The van der Waals surface area contributed by atoms with E-state index in [0.717, 1.165) is 12.1 Å². The quantitative estimate of drug-likeness (QED) is 0.737. The fraction of sp³-hybridized carbons (Fsp3) is 0.222. The molecule has 0 aromatic heterocycles. The first kappa shape index (κ1) is 12.9. The average molecular weight is 295 g/mol. The minimum absolute atomic E-state index is 0.00177. The van der Waals surface area contributed by atoms with Gasteiger partial charge in [-0.05, 0) is 22.0 Å². The van der Waals surface area contributed by atoms with Gasteiger partial charge in [0.2, 0.25) is 0 Å². The van der Waals surface area contributed by atoms with Crippen molar-refractivity contribution in [2.24, 2.45) is 5.73 Å². The molecule has 1 atom stereocenters. The van der Waals surface area contributed by atoms with Gasteiger partial charge in [0.15, 0.2) is 0 Å². The fourth-order valence-electron chi connectivity index (χ4n) is 0.965.